The topological polar surface area (TPSA) is 59.3 Å². The van der Waals surface area contributed by atoms with Crippen LogP contribution in [0.1, 0.15) is 50.8 Å². The zero-order valence-corrected chi connectivity index (χ0v) is 15.7. The number of rotatable bonds is 3. The molecule has 0 saturated heterocycles. The normalized spacial score (nSPS) is 12.0. The van der Waals surface area contributed by atoms with Crippen molar-refractivity contribution in [3.8, 4) is 11.3 Å². The quantitative estimate of drug-likeness (QED) is 0.774. The molecule has 0 unspecified atom stereocenters. The second-order valence-corrected chi connectivity index (χ2v) is 7.68. The summed E-state index contributed by atoms with van der Waals surface area (Å²) in [5, 5.41) is 7.44. The summed E-state index contributed by atoms with van der Waals surface area (Å²) >= 11 is 0. The summed E-state index contributed by atoms with van der Waals surface area (Å²) in [6, 6.07) is 9.81. The van der Waals surface area contributed by atoms with Gasteiger partial charge in [0.05, 0.1) is 11.4 Å². The first-order valence-electron chi connectivity index (χ1n) is 8.64. The maximum atomic E-state index is 14.2. The molecule has 0 fully saturated rings. The number of carbonyl (C=O) groups is 1. The molecule has 3 rings (SSSR count). The minimum absolute atomic E-state index is 0.0275. The van der Waals surface area contributed by atoms with E-state index >= 15 is 0 Å². The van der Waals surface area contributed by atoms with Gasteiger partial charge in [0.25, 0.3) is 5.91 Å². The first-order valence-corrected chi connectivity index (χ1v) is 8.64. The molecular weight excluding hydrogens is 331 g/mol. The van der Waals surface area contributed by atoms with Crippen molar-refractivity contribution in [2.45, 2.75) is 46.1 Å². The standard InChI is InChI=1S/C20H23FN4O/c1-12(2)22-19(26)16-10-15(13-8-6-7-9-14(13)21)23-18-11-17(20(3,4)5)24-25(16)18/h6-12H,1-5H3,(H,22,26). The van der Waals surface area contributed by atoms with Crippen molar-refractivity contribution in [3.05, 3.63) is 53.6 Å². The predicted molar refractivity (Wildman–Crippen MR) is 99.7 cm³/mol. The van der Waals surface area contributed by atoms with Crippen molar-refractivity contribution in [3.63, 3.8) is 0 Å². The number of benzene rings is 1. The van der Waals surface area contributed by atoms with E-state index in [1.807, 2.05) is 40.7 Å². The molecule has 5 nitrogen and oxygen atoms in total. The zero-order chi connectivity index (χ0) is 19.1. The van der Waals surface area contributed by atoms with E-state index in [0.717, 1.165) is 5.69 Å². The first-order chi connectivity index (χ1) is 12.2. The summed E-state index contributed by atoms with van der Waals surface area (Å²) in [5.41, 5.74) is 2.23. The number of hydrogen-bond donors (Lipinski definition) is 1. The van der Waals surface area contributed by atoms with Gasteiger partial charge in [-0.2, -0.15) is 5.10 Å². The minimum Gasteiger partial charge on any atom is -0.349 e. The van der Waals surface area contributed by atoms with E-state index in [1.54, 1.807) is 24.3 Å². The van der Waals surface area contributed by atoms with Crippen LogP contribution in [0.3, 0.4) is 0 Å². The second-order valence-electron chi connectivity index (χ2n) is 7.68. The Morgan fingerprint density at radius 2 is 1.88 bits per heavy atom. The van der Waals surface area contributed by atoms with Crippen LogP contribution in [0.2, 0.25) is 0 Å². The van der Waals surface area contributed by atoms with Gasteiger partial charge in [-0.05, 0) is 32.0 Å². The van der Waals surface area contributed by atoms with Crippen LogP contribution in [0.5, 0.6) is 0 Å². The lowest BCUT2D eigenvalue weighted by Crippen LogP contribution is -2.32. The average molecular weight is 354 g/mol. The highest BCUT2D eigenvalue weighted by molar-refractivity contribution is 5.94. The van der Waals surface area contributed by atoms with Crippen LogP contribution in [-0.2, 0) is 5.41 Å². The molecule has 0 atom stereocenters. The van der Waals surface area contributed by atoms with Gasteiger partial charge in [-0.1, -0.05) is 32.9 Å². The number of hydrogen-bond acceptors (Lipinski definition) is 3. The molecule has 26 heavy (non-hydrogen) atoms. The number of halogens is 1. The Kier molecular flexibility index (Phi) is 4.52. The van der Waals surface area contributed by atoms with E-state index in [2.05, 4.69) is 15.4 Å². The van der Waals surface area contributed by atoms with Crippen molar-refractivity contribution >= 4 is 11.6 Å². The molecule has 2 heterocycles. The highest BCUT2D eigenvalue weighted by atomic mass is 19.1. The molecule has 0 aliphatic rings. The second kappa shape index (κ2) is 6.52. The van der Waals surface area contributed by atoms with Crippen LogP contribution in [0.25, 0.3) is 16.9 Å². The molecule has 2 aromatic heterocycles. The Labute approximate surface area is 152 Å². The molecule has 0 spiro atoms. The summed E-state index contributed by atoms with van der Waals surface area (Å²) in [4.78, 5) is 17.2. The highest BCUT2D eigenvalue weighted by Gasteiger charge is 2.22. The predicted octanol–water partition coefficient (Wildman–Crippen LogP) is 3.97. The Hall–Kier alpha value is -2.76. The Balaban J connectivity index is 2.25. The van der Waals surface area contributed by atoms with Gasteiger partial charge in [0, 0.05) is 23.1 Å². The van der Waals surface area contributed by atoms with Gasteiger partial charge in [0.15, 0.2) is 5.65 Å². The molecule has 3 aromatic rings. The van der Waals surface area contributed by atoms with E-state index in [4.69, 9.17) is 0 Å². The molecule has 1 amide bonds. The van der Waals surface area contributed by atoms with Gasteiger partial charge in [-0.25, -0.2) is 13.9 Å². The van der Waals surface area contributed by atoms with Gasteiger partial charge in [-0.15, -0.1) is 0 Å². The molecule has 0 aliphatic heterocycles. The van der Waals surface area contributed by atoms with Gasteiger partial charge < -0.3 is 5.32 Å². The number of nitrogens with one attached hydrogen (secondary N) is 1. The lowest BCUT2D eigenvalue weighted by molar-refractivity contribution is 0.0935. The van der Waals surface area contributed by atoms with Gasteiger partial charge in [-0.3, -0.25) is 4.79 Å². The van der Waals surface area contributed by atoms with Crippen LogP contribution in [0.4, 0.5) is 4.39 Å². The number of aromatic nitrogens is 3. The lowest BCUT2D eigenvalue weighted by atomic mass is 9.93. The van der Waals surface area contributed by atoms with Gasteiger partial charge in [0.1, 0.15) is 11.5 Å². The Bertz CT molecular complexity index is 970. The third-order valence-electron chi connectivity index (χ3n) is 4.00. The van der Waals surface area contributed by atoms with Crippen molar-refractivity contribution in [1.29, 1.82) is 0 Å². The monoisotopic (exact) mass is 354 g/mol. The molecule has 0 radical (unpaired) electrons. The molecule has 0 aliphatic carbocycles. The van der Waals surface area contributed by atoms with Crippen molar-refractivity contribution in [2.75, 3.05) is 0 Å². The largest absolute Gasteiger partial charge is 0.349 e. The lowest BCUT2D eigenvalue weighted by Gasteiger charge is -2.14. The molecular formula is C20H23FN4O. The van der Waals surface area contributed by atoms with E-state index in [1.165, 1.54) is 10.6 Å². The van der Waals surface area contributed by atoms with E-state index in [-0.39, 0.29) is 23.2 Å². The van der Waals surface area contributed by atoms with Crippen molar-refractivity contribution < 1.29 is 9.18 Å². The van der Waals surface area contributed by atoms with Gasteiger partial charge >= 0.3 is 0 Å². The summed E-state index contributed by atoms with van der Waals surface area (Å²) in [6.45, 7) is 9.90. The van der Waals surface area contributed by atoms with E-state index < -0.39 is 0 Å². The number of nitrogens with zero attached hydrogens (tertiary/aromatic N) is 3. The molecule has 1 aromatic carbocycles. The van der Waals surface area contributed by atoms with Crippen molar-refractivity contribution in [2.24, 2.45) is 0 Å². The summed E-state index contributed by atoms with van der Waals surface area (Å²) in [5.74, 6) is -0.649. The number of amides is 1. The first kappa shape index (κ1) is 18.0. The molecule has 0 saturated carbocycles. The molecule has 0 bridgehead atoms. The van der Waals surface area contributed by atoms with E-state index in [9.17, 15) is 9.18 Å². The average Bonchev–Trinajstić information content (AvgIpc) is 2.98. The fraction of sp³-hybridized carbons (Fsp3) is 0.350. The highest BCUT2D eigenvalue weighted by Crippen LogP contribution is 2.26. The zero-order valence-electron chi connectivity index (χ0n) is 15.7. The summed E-state index contributed by atoms with van der Waals surface area (Å²) in [7, 11) is 0. The van der Waals surface area contributed by atoms with Crippen LogP contribution in [-0.4, -0.2) is 26.5 Å². The molecule has 1 N–H and O–H groups in total. The Morgan fingerprint density at radius 1 is 1.19 bits per heavy atom. The molecule has 136 valence electrons. The van der Waals surface area contributed by atoms with Crippen LogP contribution in [0.15, 0.2) is 36.4 Å². The fourth-order valence-corrected chi connectivity index (χ4v) is 2.65. The molecule has 6 heteroatoms. The SMILES string of the molecule is CC(C)NC(=O)c1cc(-c2ccccc2F)nc2cc(C(C)(C)C)nn12. The van der Waals surface area contributed by atoms with Crippen LogP contribution < -0.4 is 5.32 Å². The number of carbonyl (C=O) groups excluding carboxylic acids is 1. The summed E-state index contributed by atoms with van der Waals surface area (Å²) in [6.07, 6.45) is 0. The minimum atomic E-state index is -0.380. The third kappa shape index (κ3) is 3.45. The van der Waals surface area contributed by atoms with Crippen LogP contribution in [0, 0.1) is 5.82 Å². The third-order valence-corrected chi connectivity index (χ3v) is 4.00. The summed E-state index contributed by atoms with van der Waals surface area (Å²) < 4.78 is 15.8. The smallest absolute Gasteiger partial charge is 0.270 e. The Morgan fingerprint density at radius 3 is 2.50 bits per heavy atom. The van der Waals surface area contributed by atoms with Crippen molar-refractivity contribution in [1.82, 2.24) is 19.9 Å². The fourth-order valence-electron chi connectivity index (χ4n) is 2.65. The van der Waals surface area contributed by atoms with Crippen LogP contribution >= 0.6 is 0 Å². The van der Waals surface area contributed by atoms with Gasteiger partial charge in [0.2, 0.25) is 0 Å². The van der Waals surface area contributed by atoms with E-state index in [0.29, 0.717) is 22.6 Å². The maximum absolute atomic E-state index is 14.2. The maximum Gasteiger partial charge on any atom is 0.270 e. The number of fused-ring (bicyclic) bond motifs is 1.